The van der Waals surface area contributed by atoms with Gasteiger partial charge in [-0.2, -0.15) is 0 Å². The maximum absolute atomic E-state index is 9.67. The predicted molar refractivity (Wildman–Crippen MR) is 64.6 cm³/mol. The Balaban J connectivity index is 2.28. The van der Waals surface area contributed by atoms with Crippen LogP contribution in [0.25, 0.3) is 10.6 Å². The van der Waals surface area contributed by atoms with Crippen LogP contribution >= 0.6 is 11.3 Å². The molecule has 0 aliphatic heterocycles. The van der Waals surface area contributed by atoms with Crippen LogP contribution in [0.5, 0.6) is 5.75 Å². The average molecular weight is 235 g/mol. The van der Waals surface area contributed by atoms with Gasteiger partial charge in [-0.05, 0) is 19.1 Å². The van der Waals surface area contributed by atoms with Gasteiger partial charge in [-0.15, -0.1) is 11.3 Å². The molecule has 3 nitrogen and oxygen atoms in total. The first-order chi connectivity index (χ1) is 7.66. The van der Waals surface area contributed by atoms with Crippen molar-refractivity contribution in [2.24, 2.45) is 0 Å². The lowest BCUT2D eigenvalue weighted by atomic mass is 10.2. The lowest BCUT2D eigenvalue weighted by Crippen LogP contribution is -2.04. The highest BCUT2D eigenvalue weighted by Gasteiger charge is 2.09. The largest absolute Gasteiger partial charge is 0.507 e. The number of phenolic OH excluding ortho intramolecular Hbond substituents is 1. The molecule has 2 rings (SSSR count). The van der Waals surface area contributed by atoms with Crippen molar-refractivity contribution >= 4 is 11.3 Å². The number of para-hydroxylation sites is 1. The van der Waals surface area contributed by atoms with E-state index in [9.17, 15) is 10.2 Å². The van der Waals surface area contributed by atoms with Crippen LogP contribution in [-0.4, -0.2) is 21.3 Å². The second-order valence-electron chi connectivity index (χ2n) is 3.71. The smallest absolute Gasteiger partial charge is 0.127 e. The zero-order valence-corrected chi connectivity index (χ0v) is 9.74. The van der Waals surface area contributed by atoms with Crippen LogP contribution in [0.15, 0.2) is 29.6 Å². The van der Waals surface area contributed by atoms with E-state index in [0.29, 0.717) is 6.42 Å². The summed E-state index contributed by atoms with van der Waals surface area (Å²) < 4.78 is 0. The highest BCUT2D eigenvalue weighted by Crippen LogP contribution is 2.31. The summed E-state index contributed by atoms with van der Waals surface area (Å²) in [5, 5.41) is 21.6. The van der Waals surface area contributed by atoms with Crippen molar-refractivity contribution in [2.75, 3.05) is 0 Å². The highest BCUT2D eigenvalue weighted by molar-refractivity contribution is 7.13. The molecule has 1 atom stereocenters. The summed E-state index contributed by atoms with van der Waals surface area (Å²) in [7, 11) is 0. The molecule has 0 fully saturated rings. The summed E-state index contributed by atoms with van der Waals surface area (Å²) in [4.78, 5) is 4.38. The fourth-order valence-corrected chi connectivity index (χ4v) is 2.35. The van der Waals surface area contributed by atoms with E-state index >= 15 is 0 Å². The van der Waals surface area contributed by atoms with Crippen LogP contribution in [-0.2, 0) is 6.42 Å². The fraction of sp³-hybridized carbons (Fsp3) is 0.250. The predicted octanol–water partition coefficient (Wildman–Crippen LogP) is 2.44. The topological polar surface area (TPSA) is 53.4 Å². The molecule has 1 heterocycles. The Bertz CT molecular complexity index is 479. The molecule has 0 aliphatic carbocycles. The van der Waals surface area contributed by atoms with Gasteiger partial charge in [0.15, 0.2) is 0 Å². The molecule has 0 radical (unpaired) electrons. The van der Waals surface area contributed by atoms with E-state index in [1.165, 1.54) is 11.3 Å². The Labute approximate surface area is 98.0 Å². The maximum Gasteiger partial charge on any atom is 0.127 e. The van der Waals surface area contributed by atoms with Gasteiger partial charge in [-0.3, -0.25) is 0 Å². The quantitative estimate of drug-likeness (QED) is 0.859. The lowest BCUT2D eigenvalue weighted by molar-refractivity contribution is 0.194. The zero-order chi connectivity index (χ0) is 11.5. The van der Waals surface area contributed by atoms with Gasteiger partial charge in [0.2, 0.25) is 0 Å². The van der Waals surface area contributed by atoms with Crippen molar-refractivity contribution < 1.29 is 10.2 Å². The Kier molecular flexibility index (Phi) is 3.22. The monoisotopic (exact) mass is 235 g/mol. The molecule has 2 aromatic rings. The van der Waals surface area contributed by atoms with Gasteiger partial charge in [0.1, 0.15) is 10.8 Å². The lowest BCUT2D eigenvalue weighted by Gasteiger charge is -2.00. The molecule has 0 bridgehead atoms. The van der Waals surface area contributed by atoms with Crippen LogP contribution in [0.4, 0.5) is 0 Å². The van der Waals surface area contributed by atoms with Gasteiger partial charge < -0.3 is 10.2 Å². The first-order valence-corrected chi connectivity index (χ1v) is 5.95. The number of benzene rings is 1. The molecular weight excluding hydrogens is 222 g/mol. The number of aromatic nitrogens is 1. The van der Waals surface area contributed by atoms with Crippen molar-refractivity contribution in [3.05, 3.63) is 35.3 Å². The standard InChI is InChI=1S/C12H13NO2S/c1-8(14)6-9-7-16-12(13-9)10-4-2-3-5-11(10)15/h2-5,7-8,14-15H,6H2,1H3. The van der Waals surface area contributed by atoms with Gasteiger partial charge in [-0.25, -0.2) is 4.98 Å². The third kappa shape index (κ3) is 2.40. The normalized spacial score (nSPS) is 12.6. The molecule has 4 heteroatoms. The number of hydrogen-bond acceptors (Lipinski definition) is 4. The first-order valence-electron chi connectivity index (χ1n) is 5.07. The second-order valence-corrected chi connectivity index (χ2v) is 4.57. The van der Waals surface area contributed by atoms with E-state index < -0.39 is 0 Å². The molecule has 1 aromatic carbocycles. The molecule has 0 saturated heterocycles. The average Bonchev–Trinajstić information content (AvgIpc) is 2.66. The number of phenols is 1. The van der Waals surface area contributed by atoms with Crippen LogP contribution in [0.2, 0.25) is 0 Å². The number of rotatable bonds is 3. The summed E-state index contributed by atoms with van der Waals surface area (Å²) in [6, 6.07) is 7.12. The minimum Gasteiger partial charge on any atom is -0.507 e. The number of thiazole rings is 1. The SMILES string of the molecule is CC(O)Cc1csc(-c2ccccc2O)n1. The van der Waals surface area contributed by atoms with Gasteiger partial charge in [0.25, 0.3) is 0 Å². The zero-order valence-electron chi connectivity index (χ0n) is 8.92. The van der Waals surface area contributed by atoms with E-state index in [1.807, 2.05) is 17.5 Å². The summed E-state index contributed by atoms with van der Waals surface area (Å²) in [5.41, 5.74) is 1.60. The van der Waals surface area contributed by atoms with Gasteiger partial charge in [-0.1, -0.05) is 12.1 Å². The van der Waals surface area contributed by atoms with Crippen molar-refractivity contribution in [1.82, 2.24) is 4.98 Å². The minimum absolute atomic E-state index is 0.237. The summed E-state index contributed by atoms with van der Waals surface area (Å²) in [6.45, 7) is 1.74. The van der Waals surface area contributed by atoms with Crippen LogP contribution in [0.3, 0.4) is 0 Å². The maximum atomic E-state index is 9.67. The molecule has 0 aliphatic rings. The van der Waals surface area contributed by atoms with E-state index in [2.05, 4.69) is 4.98 Å². The Morgan fingerprint density at radius 2 is 2.12 bits per heavy atom. The van der Waals surface area contributed by atoms with E-state index in [0.717, 1.165) is 16.3 Å². The van der Waals surface area contributed by atoms with Gasteiger partial charge in [0, 0.05) is 11.8 Å². The Morgan fingerprint density at radius 3 is 2.81 bits per heavy atom. The van der Waals surface area contributed by atoms with Crippen molar-refractivity contribution in [3.8, 4) is 16.3 Å². The molecule has 84 valence electrons. The number of hydrogen-bond donors (Lipinski definition) is 2. The molecule has 1 aromatic heterocycles. The van der Waals surface area contributed by atoms with Crippen molar-refractivity contribution in [2.45, 2.75) is 19.4 Å². The first kappa shape index (κ1) is 11.1. The highest BCUT2D eigenvalue weighted by atomic mass is 32.1. The number of nitrogens with zero attached hydrogens (tertiary/aromatic N) is 1. The molecule has 1 unspecified atom stereocenters. The molecular formula is C12H13NO2S. The number of aromatic hydroxyl groups is 1. The molecule has 16 heavy (non-hydrogen) atoms. The Morgan fingerprint density at radius 1 is 1.38 bits per heavy atom. The summed E-state index contributed by atoms with van der Waals surface area (Å²) in [6.07, 6.45) is 0.156. The van der Waals surface area contributed by atoms with E-state index in [1.54, 1.807) is 19.1 Å². The third-order valence-corrected chi connectivity index (χ3v) is 3.12. The fourth-order valence-electron chi connectivity index (χ4n) is 1.48. The van der Waals surface area contributed by atoms with Crippen molar-refractivity contribution in [3.63, 3.8) is 0 Å². The third-order valence-electron chi connectivity index (χ3n) is 2.19. The van der Waals surface area contributed by atoms with Crippen LogP contribution in [0.1, 0.15) is 12.6 Å². The molecule has 0 spiro atoms. The number of aliphatic hydroxyl groups is 1. The van der Waals surface area contributed by atoms with E-state index in [4.69, 9.17) is 0 Å². The van der Waals surface area contributed by atoms with Crippen molar-refractivity contribution in [1.29, 1.82) is 0 Å². The molecule has 2 N–H and O–H groups in total. The van der Waals surface area contributed by atoms with E-state index in [-0.39, 0.29) is 11.9 Å². The Hall–Kier alpha value is -1.39. The summed E-state index contributed by atoms with van der Waals surface area (Å²) in [5.74, 6) is 0.237. The van der Waals surface area contributed by atoms with Gasteiger partial charge in [0.05, 0.1) is 17.4 Å². The van der Waals surface area contributed by atoms with Gasteiger partial charge >= 0.3 is 0 Å². The second kappa shape index (κ2) is 4.63. The summed E-state index contributed by atoms with van der Waals surface area (Å²) >= 11 is 1.48. The number of aliphatic hydroxyl groups excluding tert-OH is 1. The van der Waals surface area contributed by atoms with Crippen LogP contribution in [0, 0.1) is 0 Å². The van der Waals surface area contributed by atoms with Crippen LogP contribution < -0.4 is 0 Å². The minimum atomic E-state index is -0.390. The molecule has 0 saturated carbocycles. The molecule has 0 amide bonds.